The minimum atomic E-state index is -0.196. The highest BCUT2D eigenvalue weighted by Gasteiger charge is 2.23. The molecule has 0 bridgehead atoms. The molecule has 3 N–H and O–H groups in total. The first-order valence-electron chi connectivity index (χ1n) is 11.5. The molecule has 0 aliphatic carbocycles. The number of rotatable bonds is 8. The highest BCUT2D eigenvalue weighted by atomic mass is 16.2. The largest absolute Gasteiger partial charge is 0.369 e. The third-order valence-corrected chi connectivity index (χ3v) is 6.28. The number of amides is 2. The fraction of sp³-hybridized carbons (Fsp3) is 0.346. The van der Waals surface area contributed by atoms with E-state index >= 15 is 0 Å². The van der Waals surface area contributed by atoms with Gasteiger partial charge in [0.2, 0.25) is 5.91 Å². The van der Waals surface area contributed by atoms with Crippen LogP contribution in [0.4, 0.5) is 5.69 Å². The molecule has 1 aromatic heterocycles. The summed E-state index contributed by atoms with van der Waals surface area (Å²) in [5, 5.41) is 7.51. The molecule has 7 nitrogen and oxygen atoms in total. The first-order chi connectivity index (χ1) is 16.0. The van der Waals surface area contributed by atoms with Crippen LogP contribution in [-0.2, 0) is 24.3 Å². The Kier molecular flexibility index (Phi) is 7.19. The average Bonchev–Trinajstić information content (AvgIpc) is 3.23. The lowest BCUT2D eigenvalue weighted by Crippen LogP contribution is -2.38. The van der Waals surface area contributed by atoms with Crippen molar-refractivity contribution in [2.45, 2.75) is 39.3 Å². The Balaban J connectivity index is 1.40. The van der Waals surface area contributed by atoms with Gasteiger partial charge in [0, 0.05) is 18.2 Å². The molecule has 1 fully saturated rings. The molecule has 0 radical (unpaired) electrons. The van der Waals surface area contributed by atoms with E-state index in [1.165, 1.54) is 0 Å². The number of benzene rings is 2. The van der Waals surface area contributed by atoms with Gasteiger partial charge >= 0.3 is 0 Å². The minimum Gasteiger partial charge on any atom is -0.369 e. The molecule has 2 heterocycles. The molecule has 0 saturated carbocycles. The van der Waals surface area contributed by atoms with Gasteiger partial charge in [-0.3, -0.25) is 19.2 Å². The molecule has 4 rings (SSSR count). The summed E-state index contributed by atoms with van der Waals surface area (Å²) in [7, 11) is 0. The van der Waals surface area contributed by atoms with E-state index in [-0.39, 0.29) is 17.7 Å². The van der Waals surface area contributed by atoms with Crippen molar-refractivity contribution < 1.29 is 9.59 Å². The lowest BCUT2D eigenvalue weighted by molar-refractivity contribution is -0.123. The maximum absolute atomic E-state index is 13.0. The summed E-state index contributed by atoms with van der Waals surface area (Å²) in [6, 6.07) is 18.1. The fourth-order valence-corrected chi connectivity index (χ4v) is 4.45. The van der Waals surface area contributed by atoms with Crippen LogP contribution < -0.4 is 11.1 Å². The number of anilines is 1. The van der Waals surface area contributed by atoms with Crippen LogP contribution in [0.3, 0.4) is 0 Å². The molecule has 1 aliphatic heterocycles. The van der Waals surface area contributed by atoms with Crippen molar-refractivity contribution in [1.82, 2.24) is 14.7 Å². The number of primary amides is 1. The molecule has 0 spiro atoms. The molecule has 2 amide bonds. The molecule has 0 unspecified atom stereocenters. The van der Waals surface area contributed by atoms with Crippen molar-refractivity contribution in [1.29, 1.82) is 0 Å². The first kappa shape index (κ1) is 22.7. The molecular formula is C26H31N5O2. The molecule has 1 aliphatic rings. The summed E-state index contributed by atoms with van der Waals surface area (Å²) in [4.78, 5) is 26.7. The van der Waals surface area contributed by atoms with Gasteiger partial charge in [-0.1, -0.05) is 49.4 Å². The molecule has 3 aromatic rings. The lowest BCUT2D eigenvalue weighted by Gasteiger charge is -2.30. The number of hydrogen-bond donors (Lipinski definition) is 2. The van der Waals surface area contributed by atoms with Gasteiger partial charge in [0.25, 0.3) is 5.91 Å². The van der Waals surface area contributed by atoms with Crippen LogP contribution in [0.1, 0.15) is 46.9 Å². The Labute approximate surface area is 194 Å². The van der Waals surface area contributed by atoms with Crippen LogP contribution in [0.5, 0.6) is 0 Å². The zero-order valence-electron chi connectivity index (χ0n) is 19.0. The standard InChI is InChI=1S/C26H31N5O2/c1-2-24-23(16-28-31(24)18-19-7-4-3-5-8-19)26(33)29-22-10-6-9-20(15-22)17-30-13-11-21(12-14-30)25(27)32/h3-10,15-16,21H,2,11-14,17-18H2,1H3,(H2,27,32)(H,29,33). The maximum Gasteiger partial charge on any atom is 0.259 e. The van der Waals surface area contributed by atoms with Gasteiger partial charge in [-0.2, -0.15) is 5.10 Å². The van der Waals surface area contributed by atoms with Gasteiger partial charge in [-0.25, -0.2) is 0 Å². The van der Waals surface area contributed by atoms with Gasteiger partial charge in [0.1, 0.15) is 0 Å². The quantitative estimate of drug-likeness (QED) is 0.555. The summed E-state index contributed by atoms with van der Waals surface area (Å²) in [5.74, 6) is -0.356. The second-order valence-electron chi connectivity index (χ2n) is 8.61. The Bertz CT molecular complexity index is 1100. The highest BCUT2D eigenvalue weighted by Crippen LogP contribution is 2.21. The molecule has 172 valence electrons. The van der Waals surface area contributed by atoms with E-state index in [4.69, 9.17) is 5.73 Å². The van der Waals surface area contributed by atoms with E-state index in [0.29, 0.717) is 12.1 Å². The van der Waals surface area contributed by atoms with Crippen LogP contribution >= 0.6 is 0 Å². The van der Waals surface area contributed by atoms with Crippen molar-refractivity contribution in [3.8, 4) is 0 Å². The highest BCUT2D eigenvalue weighted by molar-refractivity contribution is 6.05. The molecule has 33 heavy (non-hydrogen) atoms. The van der Waals surface area contributed by atoms with E-state index < -0.39 is 0 Å². The number of nitrogens with one attached hydrogen (secondary N) is 1. The number of aromatic nitrogens is 2. The zero-order valence-corrected chi connectivity index (χ0v) is 19.0. The Morgan fingerprint density at radius 1 is 1.03 bits per heavy atom. The van der Waals surface area contributed by atoms with Crippen molar-refractivity contribution >= 4 is 17.5 Å². The normalized spacial score (nSPS) is 14.8. The topological polar surface area (TPSA) is 93.2 Å². The van der Waals surface area contributed by atoms with Crippen LogP contribution in [0.15, 0.2) is 60.8 Å². The Morgan fingerprint density at radius 2 is 1.76 bits per heavy atom. The van der Waals surface area contributed by atoms with Gasteiger partial charge in [0.05, 0.1) is 24.0 Å². The number of likely N-dealkylation sites (tertiary alicyclic amines) is 1. The SMILES string of the molecule is CCc1c(C(=O)Nc2cccc(CN3CCC(C(N)=O)CC3)c2)cnn1Cc1ccccc1. The fourth-order valence-electron chi connectivity index (χ4n) is 4.45. The summed E-state index contributed by atoms with van der Waals surface area (Å²) in [5.41, 5.74) is 10.0. The summed E-state index contributed by atoms with van der Waals surface area (Å²) in [6.07, 6.45) is 3.98. The van der Waals surface area contributed by atoms with Gasteiger partial charge in [0.15, 0.2) is 0 Å². The summed E-state index contributed by atoms with van der Waals surface area (Å²) < 4.78 is 1.90. The monoisotopic (exact) mass is 445 g/mol. The van der Waals surface area contributed by atoms with Crippen LogP contribution in [0.2, 0.25) is 0 Å². The molecule has 7 heteroatoms. The smallest absolute Gasteiger partial charge is 0.259 e. The van der Waals surface area contributed by atoms with E-state index in [2.05, 4.69) is 33.5 Å². The van der Waals surface area contributed by atoms with Gasteiger partial charge in [-0.15, -0.1) is 0 Å². The zero-order chi connectivity index (χ0) is 23.2. The number of nitrogens with two attached hydrogens (primary N) is 1. The predicted molar refractivity (Wildman–Crippen MR) is 129 cm³/mol. The van der Waals surface area contributed by atoms with E-state index in [0.717, 1.165) is 61.4 Å². The minimum absolute atomic E-state index is 0.0116. The first-order valence-corrected chi connectivity index (χ1v) is 11.5. The molecule has 0 atom stereocenters. The molecule has 1 saturated heterocycles. The van der Waals surface area contributed by atoms with Gasteiger partial charge < -0.3 is 11.1 Å². The Hall–Kier alpha value is -3.45. The summed E-state index contributed by atoms with van der Waals surface area (Å²) in [6.45, 7) is 5.16. The predicted octanol–water partition coefficient (Wildman–Crippen LogP) is 3.44. The molecular weight excluding hydrogens is 414 g/mol. The number of carbonyl (C=O) groups is 2. The number of piperidine rings is 1. The van der Waals surface area contributed by atoms with Crippen molar-refractivity contribution in [3.63, 3.8) is 0 Å². The van der Waals surface area contributed by atoms with Crippen molar-refractivity contribution in [3.05, 3.63) is 83.2 Å². The van der Waals surface area contributed by atoms with Crippen LogP contribution in [-0.4, -0.2) is 39.6 Å². The van der Waals surface area contributed by atoms with Gasteiger partial charge in [-0.05, 0) is 55.6 Å². The third kappa shape index (κ3) is 5.68. The van der Waals surface area contributed by atoms with E-state index in [9.17, 15) is 9.59 Å². The van der Waals surface area contributed by atoms with Crippen molar-refractivity contribution in [2.75, 3.05) is 18.4 Å². The van der Waals surface area contributed by atoms with Crippen molar-refractivity contribution in [2.24, 2.45) is 11.7 Å². The summed E-state index contributed by atoms with van der Waals surface area (Å²) >= 11 is 0. The maximum atomic E-state index is 13.0. The number of carbonyl (C=O) groups excluding carboxylic acids is 2. The number of nitrogens with zero attached hydrogens (tertiary/aromatic N) is 3. The lowest BCUT2D eigenvalue weighted by atomic mass is 9.96. The van der Waals surface area contributed by atoms with Crippen LogP contribution in [0.25, 0.3) is 0 Å². The molecule has 2 aromatic carbocycles. The van der Waals surface area contributed by atoms with E-state index in [1.807, 2.05) is 48.0 Å². The second kappa shape index (κ2) is 10.4. The van der Waals surface area contributed by atoms with E-state index in [1.54, 1.807) is 6.20 Å². The Morgan fingerprint density at radius 3 is 2.45 bits per heavy atom. The third-order valence-electron chi connectivity index (χ3n) is 6.28. The average molecular weight is 446 g/mol. The van der Waals surface area contributed by atoms with Crippen LogP contribution in [0, 0.1) is 5.92 Å². The number of hydrogen-bond acceptors (Lipinski definition) is 4. The second-order valence-corrected chi connectivity index (χ2v) is 8.61.